The summed E-state index contributed by atoms with van der Waals surface area (Å²) in [5.41, 5.74) is 1.32. The highest BCUT2D eigenvalue weighted by molar-refractivity contribution is 5.88. The molecule has 2 N–H and O–H groups in total. The molecule has 4 nitrogen and oxygen atoms in total. The summed E-state index contributed by atoms with van der Waals surface area (Å²) < 4.78 is 44.1. The van der Waals surface area contributed by atoms with Crippen molar-refractivity contribution in [3.05, 3.63) is 77.0 Å². The molecule has 0 unspecified atom stereocenters. The number of aryl methyl sites for hydroxylation is 1. The van der Waals surface area contributed by atoms with Gasteiger partial charge in [0.15, 0.2) is 0 Å². The Hall–Kier alpha value is -3.22. The molecular weight excluding hydrogens is 359 g/mol. The zero-order valence-electron chi connectivity index (χ0n) is 14.3. The molecule has 3 aromatic rings. The Morgan fingerprint density at radius 1 is 1.11 bits per heavy atom. The highest BCUT2D eigenvalue weighted by atomic mass is 19.4. The Morgan fingerprint density at radius 2 is 1.89 bits per heavy atom. The molecule has 140 valence electrons. The average Bonchev–Trinajstić information content (AvgIpc) is 3.09. The molecule has 2 aromatic carbocycles. The third-order valence-electron chi connectivity index (χ3n) is 4.06. The fourth-order valence-corrected chi connectivity index (χ4v) is 2.65. The van der Waals surface area contributed by atoms with E-state index in [1.165, 1.54) is 12.1 Å². The van der Waals surface area contributed by atoms with Crippen LogP contribution in [0.5, 0.6) is 0 Å². The molecule has 0 atom stereocenters. The van der Waals surface area contributed by atoms with E-state index in [1.54, 1.807) is 37.3 Å². The highest BCUT2D eigenvalue weighted by Gasteiger charge is 2.30. The quantitative estimate of drug-likeness (QED) is 0.611. The van der Waals surface area contributed by atoms with E-state index in [-0.39, 0.29) is 5.56 Å². The lowest BCUT2D eigenvalue weighted by molar-refractivity contribution is -0.137. The summed E-state index contributed by atoms with van der Waals surface area (Å²) in [6.07, 6.45) is -4.41. The van der Waals surface area contributed by atoms with Crippen LogP contribution in [0.25, 0.3) is 11.3 Å². The normalized spacial score (nSPS) is 11.4. The van der Waals surface area contributed by atoms with Crippen LogP contribution in [0, 0.1) is 6.92 Å². The fourth-order valence-electron chi connectivity index (χ4n) is 2.65. The van der Waals surface area contributed by atoms with Crippen molar-refractivity contribution in [1.82, 2.24) is 0 Å². The maximum absolute atomic E-state index is 12.8. The molecular formula is C20H16F3NO3. The van der Waals surface area contributed by atoms with Gasteiger partial charge in [0, 0.05) is 11.3 Å². The van der Waals surface area contributed by atoms with Crippen LogP contribution in [-0.2, 0) is 12.7 Å². The zero-order chi connectivity index (χ0) is 19.6. The van der Waals surface area contributed by atoms with Crippen LogP contribution >= 0.6 is 0 Å². The summed E-state index contributed by atoms with van der Waals surface area (Å²) in [4.78, 5) is 11.0. The number of carbonyl (C=O) groups is 1. The number of hydrogen-bond acceptors (Lipinski definition) is 3. The molecule has 0 bridgehead atoms. The predicted molar refractivity (Wildman–Crippen MR) is 94.6 cm³/mol. The number of alkyl halides is 3. The number of carboxylic acid groups (broad SMARTS) is 1. The van der Waals surface area contributed by atoms with E-state index >= 15 is 0 Å². The molecule has 0 spiro atoms. The Labute approximate surface area is 153 Å². The first-order valence-electron chi connectivity index (χ1n) is 8.08. The molecule has 0 saturated heterocycles. The van der Waals surface area contributed by atoms with Crippen molar-refractivity contribution in [2.24, 2.45) is 0 Å². The van der Waals surface area contributed by atoms with Gasteiger partial charge in [-0.25, -0.2) is 4.79 Å². The van der Waals surface area contributed by atoms with E-state index in [2.05, 4.69) is 5.32 Å². The number of nitrogens with one attached hydrogen (secondary N) is 1. The van der Waals surface area contributed by atoms with E-state index in [9.17, 15) is 18.0 Å². The molecule has 0 amide bonds. The van der Waals surface area contributed by atoms with E-state index in [0.29, 0.717) is 23.6 Å². The highest BCUT2D eigenvalue weighted by Crippen LogP contribution is 2.32. The smallest absolute Gasteiger partial charge is 0.416 e. The zero-order valence-corrected chi connectivity index (χ0v) is 14.3. The summed E-state index contributed by atoms with van der Waals surface area (Å²) in [6.45, 7) is 2.09. The van der Waals surface area contributed by atoms with Crippen molar-refractivity contribution in [2.75, 3.05) is 5.32 Å². The monoisotopic (exact) mass is 375 g/mol. The van der Waals surface area contributed by atoms with E-state index in [4.69, 9.17) is 9.52 Å². The minimum absolute atomic E-state index is 0.197. The van der Waals surface area contributed by atoms with Crippen LogP contribution in [0.2, 0.25) is 0 Å². The Bertz CT molecular complexity index is 977. The number of benzene rings is 2. The number of halogens is 3. The molecule has 0 radical (unpaired) electrons. The number of rotatable bonds is 5. The van der Waals surface area contributed by atoms with Gasteiger partial charge in [0.1, 0.15) is 11.5 Å². The number of anilines is 1. The first-order valence-corrected chi connectivity index (χ1v) is 8.08. The van der Waals surface area contributed by atoms with Gasteiger partial charge in [-0.1, -0.05) is 12.1 Å². The second kappa shape index (κ2) is 7.19. The lowest BCUT2D eigenvalue weighted by Gasteiger charge is -2.09. The average molecular weight is 375 g/mol. The number of furan rings is 1. The van der Waals surface area contributed by atoms with Gasteiger partial charge in [0.2, 0.25) is 0 Å². The minimum Gasteiger partial charge on any atom is -0.478 e. The second-order valence-corrected chi connectivity index (χ2v) is 6.03. The van der Waals surface area contributed by atoms with Gasteiger partial charge in [-0.15, -0.1) is 0 Å². The van der Waals surface area contributed by atoms with Crippen LogP contribution in [0.1, 0.15) is 27.2 Å². The first kappa shape index (κ1) is 18.6. The number of hydrogen-bond donors (Lipinski definition) is 2. The van der Waals surface area contributed by atoms with Crippen molar-refractivity contribution < 1.29 is 27.5 Å². The SMILES string of the molecule is Cc1cc(C(=O)O)ccc1NCc1ccc(-c2cccc(C(F)(F)F)c2)o1. The third kappa shape index (κ3) is 4.31. The molecule has 0 aliphatic rings. The van der Waals surface area contributed by atoms with Crippen LogP contribution in [0.4, 0.5) is 18.9 Å². The van der Waals surface area contributed by atoms with Crippen molar-refractivity contribution >= 4 is 11.7 Å². The maximum Gasteiger partial charge on any atom is 0.416 e. The summed E-state index contributed by atoms with van der Waals surface area (Å²) >= 11 is 0. The summed E-state index contributed by atoms with van der Waals surface area (Å²) in [5, 5.41) is 12.1. The van der Waals surface area contributed by atoms with Gasteiger partial charge in [-0.2, -0.15) is 13.2 Å². The van der Waals surface area contributed by atoms with E-state index in [1.807, 2.05) is 0 Å². The predicted octanol–water partition coefficient (Wildman–Crippen LogP) is 5.58. The van der Waals surface area contributed by atoms with Gasteiger partial charge >= 0.3 is 12.1 Å². The topological polar surface area (TPSA) is 62.5 Å². The van der Waals surface area contributed by atoms with Gasteiger partial charge in [-0.3, -0.25) is 0 Å². The van der Waals surface area contributed by atoms with E-state index < -0.39 is 17.7 Å². The Kier molecular flexibility index (Phi) is 4.94. The van der Waals surface area contributed by atoms with Crippen molar-refractivity contribution in [3.63, 3.8) is 0 Å². The largest absolute Gasteiger partial charge is 0.478 e. The molecule has 0 saturated carbocycles. The minimum atomic E-state index is -4.41. The standard InChI is InChI=1S/C20H16F3NO3/c1-12-9-14(19(25)26)5-7-17(12)24-11-16-6-8-18(27-16)13-3-2-4-15(10-13)20(21,22)23/h2-10,24H,11H2,1H3,(H,25,26). The third-order valence-corrected chi connectivity index (χ3v) is 4.06. The van der Waals surface area contributed by atoms with Gasteiger partial charge in [0.05, 0.1) is 17.7 Å². The fraction of sp³-hybridized carbons (Fsp3) is 0.150. The lowest BCUT2D eigenvalue weighted by atomic mass is 10.1. The molecule has 0 fully saturated rings. The number of carboxylic acids is 1. The summed E-state index contributed by atoms with van der Waals surface area (Å²) in [5.74, 6) is -0.110. The van der Waals surface area contributed by atoms with Crippen LogP contribution in [0.15, 0.2) is 59.0 Å². The van der Waals surface area contributed by atoms with Gasteiger partial charge < -0.3 is 14.8 Å². The molecule has 7 heteroatoms. The van der Waals surface area contributed by atoms with Gasteiger partial charge in [0.25, 0.3) is 0 Å². The van der Waals surface area contributed by atoms with Gasteiger partial charge in [-0.05, 0) is 55.0 Å². The molecule has 3 rings (SSSR count). The van der Waals surface area contributed by atoms with E-state index in [0.717, 1.165) is 23.4 Å². The Morgan fingerprint density at radius 3 is 2.56 bits per heavy atom. The van der Waals surface area contributed by atoms with Crippen LogP contribution < -0.4 is 5.32 Å². The molecule has 0 aliphatic carbocycles. The van der Waals surface area contributed by atoms with Crippen molar-refractivity contribution in [3.8, 4) is 11.3 Å². The lowest BCUT2D eigenvalue weighted by Crippen LogP contribution is -2.04. The van der Waals surface area contributed by atoms with Crippen LogP contribution in [-0.4, -0.2) is 11.1 Å². The maximum atomic E-state index is 12.8. The molecule has 0 aliphatic heterocycles. The van der Waals surface area contributed by atoms with Crippen molar-refractivity contribution in [1.29, 1.82) is 0 Å². The Balaban J connectivity index is 1.73. The first-order chi connectivity index (χ1) is 12.7. The van der Waals surface area contributed by atoms with Crippen molar-refractivity contribution in [2.45, 2.75) is 19.6 Å². The number of aromatic carboxylic acids is 1. The van der Waals surface area contributed by atoms with Crippen LogP contribution in [0.3, 0.4) is 0 Å². The molecule has 1 aromatic heterocycles. The molecule has 1 heterocycles. The summed E-state index contributed by atoms with van der Waals surface area (Å²) in [7, 11) is 0. The second-order valence-electron chi connectivity index (χ2n) is 6.03. The summed E-state index contributed by atoms with van der Waals surface area (Å²) in [6, 6.07) is 13.0. The molecule has 27 heavy (non-hydrogen) atoms.